The minimum absolute atomic E-state index is 0.0651. The minimum Gasteiger partial charge on any atom is -0.463 e. The number of amidine groups is 1. The summed E-state index contributed by atoms with van der Waals surface area (Å²) in [5, 5.41) is 9.82. The van der Waals surface area contributed by atoms with Crippen molar-refractivity contribution in [3.05, 3.63) is 59.4 Å². The number of carbonyl (C=O) groups excluding carboxylic acids is 2. The predicted octanol–water partition coefficient (Wildman–Crippen LogP) is 2.05. The smallest absolute Gasteiger partial charge is 0.310 e. The van der Waals surface area contributed by atoms with Gasteiger partial charge in [-0.2, -0.15) is 4.99 Å². The summed E-state index contributed by atoms with van der Waals surface area (Å²) in [6.45, 7) is 2.89. The van der Waals surface area contributed by atoms with Crippen LogP contribution in [0.1, 0.15) is 49.7 Å². The predicted molar refractivity (Wildman–Crippen MR) is 119 cm³/mol. The zero-order valence-electron chi connectivity index (χ0n) is 18.2. The van der Waals surface area contributed by atoms with E-state index < -0.39 is 11.5 Å². The van der Waals surface area contributed by atoms with Gasteiger partial charge in [0.1, 0.15) is 12.2 Å². The molecule has 1 aromatic heterocycles. The van der Waals surface area contributed by atoms with Crippen molar-refractivity contribution in [2.45, 2.75) is 50.9 Å². The van der Waals surface area contributed by atoms with Crippen molar-refractivity contribution in [1.29, 1.82) is 0 Å². The molecule has 0 bridgehead atoms. The molecule has 0 aliphatic carbocycles. The lowest BCUT2D eigenvalue weighted by atomic mass is 10.1. The molecule has 0 spiro atoms. The third kappa shape index (κ3) is 6.35. The maximum absolute atomic E-state index is 12.1. The Kier molecular flexibility index (Phi) is 7.55. The van der Waals surface area contributed by atoms with Gasteiger partial charge in [-0.1, -0.05) is 30.3 Å². The third-order valence-electron chi connectivity index (χ3n) is 4.95. The molecule has 1 amide bonds. The van der Waals surface area contributed by atoms with Crippen LogP contribution in [0.15, 0.2) is 52.4 Å². The molecule has 3 rings (SSSR count). The van der Waals surface area contributed by atoms with Gasteiger partial charge in [-0.15, -0.1) is 0 Å². The summed E-state index contributed by atoms with van der Waals surface area (Å²) in [6.07, 6.45) is 2.34. The molecular weight excluding hydrogens is 412 g/mol. The van der Waals surface area contributed by atoms with Gasteiger partial charge in [0.25, 0.3) is 5.91 Å². The molecule has 2 heterocycles. The molecule has 2 aromatic rings. The third-order valence-corrected chi connectivity index (χ3v) is 4.95. The van der Waals surface area contributed by atoms with Crippen molar-refractivity contribution in [2.24, 2.45) is 15.7 Å². The van der Waals surface area contributed by atoms with E-state index in [2.05, 4.69) is 15.0 Å². The highest BCUT2D eigenvalue weighted by atomic mass is 16.6. The van der Waals surface area contributed by atoms with Crippen molar-refractivity contribution < 1.29 is 24.2 Å². The Hall–Kier alpha value is -3.30. The number of aliphatic imine (C=N–C) groups is 2. The molecule has 1 saturated heterocycles. The number of H-pyrrole nitrogens is 1. The molecule has 4 N–H and O–H groups in total. The first-order chi connectivity index (χ1) is 15.3. The molecule has 9 heteroatoms. The second kappa shape index (κ2) is 10.3. The molecule has 0 radical (unpaired) electrons. The topological polar surface area (TPSA) is 139 Å². The zero-order valence-corrected chi connectivity index (χ0v) is 18.2. The van der Waals surface area contributed by atoms with Gasteiger partial charge in [-0.05, 0) is 44.4 Å². The fourth-order valence-electron chi connectivity index (χ4n) is 3.25. The molecule has 2 atom stereocenters. The van der Waals surface area contributed by atoms with Gasteiger partial charge in [-0.25, -0.2) is 4.99 Å². The number of esters is 1. The average Bonchev–Trinajstić information content (AvgIpc) is 3.41. The van der Waals surface area contributed by atoms with Crippen molar-refractivity contribution in [1.82, 2.24) is 4.98 Å². The number of ether oxygens (including phenoxy) is 2. The van der Waals surface area contributed by atoms with Gasteiger partial charge in [0.05, 0.1) is 30.7 Å². The maximum atomic E-state index is 12.1. The largest absolute Gasteiger partial charge is 0.463 e. The number of nitrogens with one attached hydrogen (secondary N) is 1. The van der Waals surface area contributed by atoms with Gasteiger partial charge < -0.3 is 25.3 Å². The van der Waals surface area contributed by atoms with Gasteiger partial charge in [0.2, 0.25) is 0 Å². The van der Waals surface area contributed by atoms with E-state index in [0.717, 1.165) is 30.4 Å². The van der Waals surface area contributed by atoms with Crippen LogP contribution in [0.5, 0.6) is 0 Å². The quantitative estimate of drug-likeness (QED) is 0.342. The number of aliphatic hydroxyl groups is 1. The Balaban J connectivity index is 1.57. The molecule has 32 heavy (non-hydrogen) atoms. The monoisotopic (exact) mass is 440 g/mol. The average molecular weight is 441 g/mol. The van der Waals surface area contributed by atoms with Crippen LogP contribution in [0.3, 0.4) is 0 Å². The lowest BCUT2D eigenvalue weighted by Crippen LogP contribution is -2.30. The second-order valence-electron chi connectivity index (χ2n) is 8.07. The van der Waals surface area contributed by atoms with E-state index in [-0.39, 0.29) is 37.0 Å². The van der Waals surface area contributed by atoms with Gasteiger partial charge in [-0.3, -0.25) is 9.59 Å². The summed E-state index contributed by atoms with van der Waals surface area (Å²) >= 11 is 0. The standard InChI is InChI=1S/C23H28N4O5/c1-23(2,30)22(29)27-21(25-14-24)18-10-9-17(26-18)19-11-8-16(32-19)13-31-20(28)12-15-6-4-3-5-7-15/h3-7,9-10,14,16,19,26,30H,8,11-13H2,1-2H3,(H2,24,25,27,29). The number of aromatic nitrogens is 1. The lowest BCUT2D eigenvalue weighted by Gasteiger charge is -2.13. The van der Waals surface area contributed by atoms with E-state index in [1.54, 1.807) is 6.07 Å². The Bertz CT molecular complexity index is 991. The Morgan fingerprint density at radius 1 is 1.25 bits per heavy atom. The molecule has 1 aliphatic heterocycles. The maximum Gasteiger partial charge on any atom is 0.310 e. The highest BCUT2D eigenvalue weighted by Gasteiger charge is 2.29. The minimum atomic E-state index is -1.62. The fourth-order valence-corrected chi connectivity index (χ4v) is 3.25. The molecule has 1 fully saturated rings. The molecule has 1 aliphatic rings. The number of nitrogens with two attached hydrogens (primary N) is 1. The second-order valence-corrected chi connectivity index (χ2v) is 8.07. The Morgan fingerprint density at radius 3 is 2.69 bits per heavy atom. The zero-order chi connectivity index (χ0) is 23.1. The number of amides is 1. The van der Waals surface area contributed by atoms with E-state index in [1.165, 1.54) is 13.8 Å². The Labute approximate surface area is 186 Å². The summed E-state index contributed by atoms with van der Waals surface area (Å²) in [7, 11) is 0. The summed E-state index contributed by atoms with van der Waals surface area (Å²) in [5.74, 6) is -0.957. The molecular formula is C23H28N4O5. The number of hydrogen-bond acceptors (Lipinski definition) is 5. The molecule has 0 saturated carbocycles. The van der Waals surface area contributed by atoms with E-state index in [4.69, 9.17) is 15.2 Å². The number of carbonyl (C=O) groups is 2. The summed E-state index contributed by atoms with van der Waals surface area (Å²) in [6, 6.07) is 13.0. The van der Waals surface area contributed by atoms with Crippen molar-refractivity contribution in [3.63, 3.8) is 0 Å². The summed E-state index contributed by atoms with van der Waals surface area (Å²) in [5.41, 5.74) is 5.92. The van der Waals surface area contributed by atoms with E-state index in [9.17, 15) is 14.7 Å². The normalized spacial score (nSPS) is 19.4. The lowest BCUT2D eigenvalue weighted by molar-refractivity contribution is -0.146. The van der Waals surface area contributed by atoms with Crippen molar-refractivity contribution in [2.75, 3.05) is 6.61 Å². The van der Waals surface area contributed by atoms with E-state index >= 15 is 0 Å². The van der Waals surface area contributed by atoms with Crippen molar-refractivity contribution in [3.8, 4) is 0 Å². The van der Waals surface area contributed by atoms with Crippen LogP contribution in [0.25, 0.3) is 0 Å². The Morgan fingerprint density at radius 2 is 2.00 bits per heavy atom. The van der Waals surface area contributed by atoms with Crippen LogP contribution in [-0.4, -0.2) is 52.5 Å². The van der Waals surface area contributed by atoms with E-state index in [0.29, 0.717) is 5.69 Å². The van der Waals surface area contributed by atoms with E-state index in [1.807, 2.05) is 36.4 Å². The van der Waals surface area contributed by atoms with Crippen LogP contribution in [-0.2, 0) is 25.5 Å². The summed E-state index contributed by atoms with van der Waals surface area (Å²) < 4.78 is 11.4. The molecule has 2 unspecified atom stereocenters. The molecule has 1 aromatic carbocycles. The molecule has 170 valence electrons. The van der Waals surface area contributed by atoms with Gasteiger partial charge in [0, 0.05) is 5.69 Å². The van der Waals surface area contributed by atoms with Gasteiger partial charge >= 0.3 is 5.97 Å². The number of nitrogens with zero attached hydrogens (tertiary/aromatic N) is 2. The van der Waals surface area contributed by atoms with Crippen LogP contribution in [0.4, 0.5) is 0 Å². The SMILES string of the molecule is CC(C)(O)C(=O)N=C(N=CN)c1ccc(C2CCC(COC(=O)Cc3ccccc3)O2)[nH]1. The van der Waals surface area contributed by atoms with Crippen LogP contribution >= 0.6 is 0 Å². The first-order valence-electron chi connectivity index (χ1n) is 10.4. The van der Waals surface area contributed by atoms with Gasteiger partial charge in [0.15, 0.2) is 5.84 Å². The fraction of sp³-hybridized carbons (Fsp3) is 0.391. The number of aromatic amines is 1. The van der Waals surface area contributed by atoms with Crippen LogP contribution in [0.2, 0.25) is 0 Å². The number of benzene rings is 1. The first kappa shape index (κ1) is 23.4. The number of rotatable bonds is 7. The number of hydrogen-bond donors (Lipinski definition) is 3. The van der Waals surface area contributed by atoms with Crippen molar-refractivity contribution >= 4 is 24.1 Å². The highest BCUT2D eigenvalue weighted by Crippen LogP contribution is 2.32. The highest BCUT2D eigenvalue weighted by molar-refractivity contribution is 6.08. The van der Waals surface area contributed by atoms with Crippen LogP contribution < -0.4 is 5.73 Å². The first-order valence-corrected chi connectivity index (χ1v) is 10.4. The summed E-state index contributed by atoms with van der Waals surface area (Å²) in [4.78, 5) is 35.0. The van der Waals surface area contributed by atoms with Crippen LogP contribution in [0, 0.1) is 0 Å². The molecule has 9 nitrogen and oxygen atoms in total.